The van der Waals surface area contributed by atoms with Crippen LogP contribution < -0.4 is 5.73 Å². The number of hydrogen-bond donors (Lipinski definition) is 1. The van der Waals surface area contributed by atoms with Gasteiger partial charge in [-0.05, 0) is 38.6 Å². The van der Waals surface area contributed by atoms with Gasteiger partial charge in [-0.1, -0.05) is 0 Å². The molecule has 4 nitrogen and oxygen atoms in total. The van der Waals surface area contributed by atoms with E-state index in [9.17, 15) is 0 Å². The summed E-state index contributed by atoms with van der Waals surface area (Å²) in [7, 11) is 0. The molecule has 0 aromatic heterocycles. The molecule has 0 spiro atoms. The summed E-state index contributed by atoms with van der Waals surface area (Å²) < 4.78 is 11.2. The van der Waals surface area contributed by atoms with Gasteiger partial charge in [0.15, 0.2) is 0 Å². The average molecular weight is 242 g/mol. The molecule has 2 N–H and O–H groups in total. The minimum Gasteiger partial charge on any atom is -0.381 e. The standard InChI is InChI=1S/C13H26N2O2/c1-12(2)10-15(5-8-17-12)11-13(9-14)3-6-16-7-4-13/h3-11,14H2,1-2H3. The first-order chi connectivity index (χ1) is 8.05. The van der Waals surface area contributed by atoms with E-state index in [1.54, 1.807) is 0 Å². The lowest BCUT2D eigenvalue weighted by molar-refractivity contribution is -0.101. The minimum absolute atomic E-state index is 0.0147. The number of hydrogen-bond acceptors (Lipinski definition) is 4. The molecule has 0 unspecified atom stereocenters. The first kappa shape index (κ1) is 13.3. The lowest BCUT2D eigenvalue weighted by Crippen LogP contribution is -2.54. The van der Waals surface area contributed by atoms with Crippen molar-refractivity contribution in [1.29, 1.82) is 0 Å². The van der Waals surface area contributed by atoms with E-state index < -0.39 is 0 Å². The summed E-state index contributed by atoms with van der Waals surface area (Å²) in [5.74, 6) is 0. The maximum absolute atomic E-state index is 6.01. The molecule has 0 amide bonds. The fourth-order valence-electron chi connectivity index (χ4n) is 2.95. The summed E-state index contributed by atoms with van der Waals surface area (Å²) in [5.41, 5.74) is 6.26. The summed E-state index contributed by atoms with van der Waals surface area (Å²) in [6.45, 7) is 10.8. The lowest BCUT2D eigenvalue weighted by atomic mass is 9.79. The first-order valence-electron chi connectivity index (χ1n) is 6.69. The van der Waals surface area contributed by atoms with Crippen molar-refractivity contribution in [3.63, 3.8) is 0 Å². The van der Waals surface area contributed by atoms with Crippen molar-refractivity contribution in [2.45, 2.75) is 32.3 Å². The molecule has 0 radical (unpaired) electrons. The third-order valence-corrected chi connectivity index (χ3v) is 4.05. The monoisotopic (exact) mass is 242 g/mol. The van der Waals surface area contributed by atoms with Gasteiger partial charge >= 0.3 is 0 Å². The summed E-state index contributed by atoms with van der Waals surface area (Å²) in [5, 5.41) is 0. The smallest absolute Gasteiger partial charge is 0.0753 e. The van der Waals surface area contributed by atoms with E-state index in [0.717, 1.165) is 58.8 Å². The van der Waals surface area contributed by atoms with Gasteiger partial charge in [0.05, 0.1) is 12.2 Å². The van der Waals surface area contributed by atoms with Crippen LogP contribution in [-0.4, -0.2) is 56.5 Å². The summed E-state index contributed by atoms with van der Waals surface area (Å²) in [6.07, 6.45) is 2.20. The van der Waals surface area contributed by atoms with E-state index >= 15 is 0 Å². The van der Waals surface area contributed by atoms with Gasteiger partial charge in [0.2, 0.25) is 0 Å². The fourth-order valence-corrected chi connectivity index (χ4v) is 2.95. The van der Waals surface area contributed by atoms with Gasteiger partial charge in [0.1, 0.15) is 0 Å². The van der Waals surface area contributed by atoms with Crippen molar-refractivity contribution in [2.24, 2.45) is 11.1 Å². The van der Waals surface area contributed by atoms with E-state index in [0.29, 0.717) is 0 Å². The van der Waals surface area contributed by atoms with Crippen molar-refractivity contribution in [1.82, 2.24) is 4.90 Å². The topological polar surface area (TPSA) is 47.7 Å². The van der Waals surface area contributed by atoms with Crippen LogP contribution >= 0.6 is 0 Å². The maximum atomic E-state index is 6.01. The van der Waals surface area contributed by atoms with Crippen molar-refractivity contribution in [3.05, 3.63) is 0 Å². The number of morpholine rings is 1. The third kappa shape index (κ3) is 3.41. The van der Waals surface area contributed by atoms with E-state index in [4.69, 9.17) is 15.2 Å². The molecular weight excluding hydrogens is 216 g/mol. The number of ether oxygens (including phenoxy) is 2. The van der Waals surface area contributed by atoms with Crippen LogP contribution in [0.3, 0.4) is 0 Å². The van der Waals surface area contributed by atoms with Crippen LogP contribution in [0, 0.1) is 5.41 Å². The molecule has 17 heavy (non-hydrogen) atoms. The van der Waals surface area contributed by atoms with Gasteiger partial charge in [-0.3, -0.25) is 4.90 Å². The zero-order valence-corrected chi connectivity index (χ0v) is 11.2. The highest BCUT2D eigenvalue weighted by molar-refractivity contribution is 4.89. The normalized spacial score (nSPS) is 29.1. The Morgan fingerprint density at radius 1 is 1.18 bits per heavy atom. The van der Waals surface area contributed by atoms with Crippen LogP contribution in [0.5, 0.6) is 0 Å². The van der Waals surface area contributed by atoms with Crippen LogP contribution in [0.2, 0.25) is 0 Å². The quantitative estimate of drug-likeness (QED) is 0.797. The molecule has 2 aliphatic heterocycles. The van der Waals surface area contributed by atoms with E-state index in [-0.39, 0.29) is 11.0 Å². The average Bonchev–Trinajstić information content (AvgIpc) is 2.29. The van der Waals surface area contributed by atoms with E-state index in [2.05, 4.69) is 18.7 Å². The maximum Gasteiger partial charge on any atom is 0.0753 e. The van der Waals surface area contributed by atoms with Crippen molar-refractivity contribution in [2.75, 3.05) is 46.0 Å². The van der Waals surface area contributed by atoms with Gasteiger partial charge in [0, 0.05) is 32.8 Å². The van der Waals surface area contributed by atoms with Crippen molar-refractivity contribution < 1.29 is 9.47 Å². The molecule has 2 rings (SSSR count). The zero-order valence-electron chi connectivity index (χ0n) is 11.2. The molecule has 2 fully saturated rings. The highest BCUT2D eigenvalue weighted by Gasteiger charge is 2.36. The SMILES string of the molecule is CC1(C)CN(CC2(CN)CCOCC2)CCO1. The lowest BCUT2D eigenvalue weighted by Gasteiger charge is -2.44. The summed E-state index contributed by atoms with van der Waals surface area (Å²) in [6, 6.07) is 0. The summed E-state index contributed by atoms with van der Waals surface area (Å²) in [4.78, 5) is 2.52. The largest absolute Gasteiger partial charge is 0.381 e. The summed E-state index contributed by atoms with van der Waals surface area (Å²) >= 11 is 0. The molecule has 100 valence electrons. The highest BCUT2D eigenvalue weighted by Crippen LogP contribution is 2.31. The van der Waals surface area contributed by atoms with Crippen LogP contribution in [0.15, 0.2) is 0 Å². The van der Waals surface area contributed by atoms with Crippen LogP contribution in [0.4, 0.5) is 0 Å². The molecule has 0 aromatic rings. The van der Waals surface area contributed by atoms with Crippen molar-refractivity contribution in [3.8, 4) is 0 Å². The second-order valence-electron chi connectivity index (χ2n) is 6.14. The van der Waals surface area contributed by atoms with Gasteiger partial charge < -0.3 is 15.2 Å². The Kier molecular flexibility index (Phi) is 4.08. The molecule has 0 saturated carbocycles. The Bertz CT molecular complexity index is 250. The van der Waals surface area contributed by atoms with E-state index in [1.807, 2.05) is 0 Å². The minimum atomic E-state index is -0.0147. The van der Waals surface area contributed by atoms with Crippen LogP contribution in [0.25, 0.3) is 0 Å². The van der Waals surface area contributed by atoms with Crippen LogP contribution in [0.1, 0.15) is 26.7 Å². The second kappa shape index (κ2) is 5.22. The number of rotatable bonds is 3. The Morgan fingerprint density at radius 3 is 2.47 bits per heavy atom. The Labute approximate surface area is 104 Å². The van der Waals surface area contributed by atoms with Gasteiger partial charge in [-0.2, -0.15) is 0 Å². The number of nitrogens with zero attached hydrogens (tertiary/aromatic N) is 1. The highest BCUT2D eigenvalue weighted by atomic mass is 16.5. The van der Waals surface area contributed by atoms with Crippen LogP contribution in [-0.2, 0) is 9.47 Å². The molecule has 0 aliphatic carbocycles. The molecule has 0 atom stereocenters. The second-order valence-corrected chi connectivity index (χ2v) is 6.14. The van der Waals surface area contributed by atoms with Crippen molar-refractivity contribution >= 4 is 0 Å². The Morgan fingerprint density at radius 2 is 1.88 bits per heavy atom. The Hall–Kier alpha value is -0.160. The Balaban J connectivity index is 1.93. The predicted octanol–water partition coefficient (Wildman–Crippen LogP) is 0.853. The molecule has 0 bridgehead atoms. The predicted molar refractivity (Wildman–Crippen MR) is 68.0 cm³/mol. The zero-order chi connectivity index (χ0) is 12.4. The molecule has 2 saturated heterocycles. The molecular formula is C13H26N2O2. The molecule has 2 heterocycles. The fraction of sp³-hybridized carbons (Fsp3) is 1.00. The first-order valence-corrected chi connectivity index (χ1v) is 6.69. The van der Waals surface area contributed by atoms with Gasteiger partial charge in [-0.15, -0.1) is 0 Å². The van der Waals surface area contributed by atoms with Gasteiger partial charge in [-0.25, -0.2) is 0 Å². The molecule has 0 aromatic carbocycles. The number of nitrogens with two attached hydrogens (primary N) is 1. The third-order valence-electron chi connectivity index (χ3n) is 4.05. The molecule has 2 aliphatic rings. The molecule has 4 heteroatoms. The van der Waals surface area contributed by atoms with Gasteiger partial charge in [0.25, 0.3) is 0 Å². The van der Waals surface area contributed by atoms with E-state index in [1.165, 1.54) is 0 Å².